The standard InChI is InChI=1S/C16H24F2O/c17-15(13-7-3-1-4-8-13)11-19-12-16(18)14-9-5-2-6-10-14/h11-14H,1-10H2. The fourth-order valence-corrected chi connectivity index (χ4v) is 3.11. The van der Waals surface area contributed by atoms with Crippen molar-refractivity contribution in [3.05, 3.63) is 24.2 Å². The Bertz CT molecular complexity index is 292. The van der Waals surface area contributed by atoms with Gasteiger partial charge >= 0.3 is 0 Å². The second-order valence-corrected chi connectivity index (χ2v) is 5.81. The molecule has 2 aliphatic carbocycles. The molecule has 2 rings (SSSR count). The second-order valence-electron chi connectivity index (χ2n) is 5.81. The third-order valence-electron chi connectivity index (χ3n) is 4.35. The van der Waals surface area contributed by atoms with Gasteiger partial charge in [0, 0.05) is 11.8 Å². The molecule has 0 aromatic heterocycles. The quantitative estimate of drug-likeness (QED) is 0.588. The van der Waals surface area contributed by atoms with Crippen LogP contribution in [0.3, 0.4) is 0 Å². The molecule has 108 valence electrons. The van der Waals surface area contributed by atoms with Gasteiger partial charge in [-0.25, -0.2) is 8.78 Å². The minimum atomic E-state index is -0.229. The van der Waals surface area contributed by atoms with Gasteiger partial charge in [-0.2, -0.15) is 0 Å². The molecular weight excluding hydrogens is 246 g/mol. The van der Waals surface area contributed by atoms with Crippen LogP contribution in [0, 0.1) is 11.8 Å². The van der Waals surface area contributed by atoms with Crippen molar-refractivity contribution < 1.29 is 13.5 Å². The van der Waals surface area contributed by atoms with E-state index in [9.17, 15) is 8.78 Å². The van der Waals surface area contributed by atoms with Crippen LogP contribution in [0.4, 0.5) is 8.78 Å². The first-order chi connectivity index (χ1) is 9.27. The van der Waals surface area contributed by atoms with Crippen LogP contribution in [-0.4, -0.2) is 0 Å². The maximum atomic E-state index is 13.8. The highest BCUT2D eigenvalue weighted by Crippen LogP contribution is 2.32. The summed E-state index contributed by atoms with van der Waals surface area (Å²) in [4.78, 5) is 0. The first-order valence-corrected chi connectivity index (χ1v) is 7.64. The fraction of sp³-hybridized carbons (Fsp3) is 0.750. The molecule has 2 aliphatic rings. The second kappa shape index (κ2) is 7.66. The molecule has 2 saturated carbocycles. The van der Waals surface area contributed by atoms with Gasteiger partial charge < -0.3 is 4.74 Å². The van der Waals surface area contributed by atoms with Crippen molar-refractivity contribution in [3.63, 3.8) is 0 Å². The van der Waals surface area contributed by atoms with Gasteiger partial charge in [-0.1, -0.05) is 38.5 Å². The minimum absolute atomic E-state index is 0.0140. The summed E-state index contributed by atoms with van der Waals surface area (Å²) in [5.74, 6) is -0.487. The van der Waals surface area contributed by atoms with Crippen LogP contribution < -0.4 is 0 Å². The lowest BCUT2D eigenvalue weighted by atomic mass is 9.88. The van der Waals surface area contributed by atoms with Crippen molar-refractivity contribution in [2.75, 3.05) is 0 Å². The van der Waals surface area contributed by atoms with Crippen molar-refractivity contribution >= 4 is 0 Å². The van der Waals surface area contributed by atoms with Crippen LogP contribution in [-0.2, 0) is 4.74 Å². The van der Waals surface area contributed by atoms with E-state index in [1.54, 1.807) is 0 Å². The lowest BCUT2D eigenvalue weighted by Gasteiger charge is -2.20. The smallest absolute Gasteiger partial charge is 0.138 e. The van der Waals surface area contributed by atoms with Gasteiger partial charge in [0.25, 0.3) is 0 Å². The zero-order valence-electron chi connectivity index (χ0n) is 11.5. The predicted molar refractivity (Wildman–Crippen MR) is 72.6 cm³/mol. The molecule has 1 nitrogen and oxygen atoms in total. The molecule has 19 heavy (non-hydrogen) atoms. The van der Waals surface area contributed by atoms with Gasteiger partial charge in [0.1, 0.15) is 24.2 Å². The molecule has 0 aromatic rings. The van der Waals surface area contributed by atoms with Gasteiger partial charge in [-0.3, -0.25) is 0 Å². The van der Waals surface area contributed by atoms with Crippen LogP contribution in [0.1, 0.15) is 64.2 Å². The van der Waals surface area contributed by atoms with Gasteiger partial charge in [-0.15, -0.1) is 0 Å². The van der Waals surface area contributed by atoms with Crippen LogP contribution in [0.15, 0.2) is 24.2 Å². The third-order valence-corrected chi connectivity index (χ3v) is 4.35. The highest BCUT2D eigenvalue weighted by molar-refractivity contribution is 4.99. The zero-order chi connectivity index (χ0) is 13.5. The molecule has 0 amide bonds. The summed E-state index contributed by atoms with van der Waals surface area (Å²) in [5, 5.41) is 0. The maximum Gasteiger partial charge on any atom is 0.138 e. The van der Waals surface area contributed by atoms with E-state index in [2.05, 4.69) is 0 Å². The molecule has 0 aromatic carbocycles. The average Bonchev–Trinajstić information content (AvgIpc) is 2.49. The Morgan fingerprint density at radius 3 is 1.42 bits per heavy atom. The van der Waals surface area contributed by atoms with Gasteiger partial charge in [0.2, 0.25) is 0 Å². The number of allylic oxidation sites excluding steroid dienone is 2. The highest BCUT2D eigenvalue weighted by Gasteiger charge is 2.19. The monoisotopic (exact) mass is 270 g/mol. The fourth-order valence-electron chi connectivity index (χ4n) is 3.11. The van der Waals surface area contributed by atoms with E-state index in [0.29, 0.717) is 0 Å². The number of hydrogen-bond donors (Lipinski definition) is 0. The van der Waals surface area contributed by atoms with Crippen molar-refractivity contribution in [2.45, 2.75) is 64.2 Å². The van der Waals surface area contributed by atoms with Crippen LogP contribution in [0.25, 0.3) is 0 Å². The first-order valence-electron chi connectivity index (χ1n) is 7.64. The lowest BCUT2D eigenvalue weighted by molar-refractivity contribution is 0.289. The Morgan fingerprint density at radius 1 is 0.684 bits per heavy atom. The van der Waals surface area contributed by atoms with Crippen molar-refractivity contribution in [3.8, 4) is 0 Å². The molecule has 0 spiro atoms. The van der Waals surface area contributed by atoms with E-state index < -0.39 is 0 Å². The number of hydrogen-bond acceptors (Lipinski definition) is 1. The summed E-state index contributed by atoms with van der Waals surface area (Å²) >= 11 is 0. The molecule has 0 unspecified atom stereocenters. The van der Waals surface area contributed by atoms with E-state index in [-0.39, 0.29) is 23.5 Å². The normalized spacial score (nSPS) is 24.5. The van der Waals surface area contributed by atoms with Gasteiger partial charge in [0.05, 0.1) is 0 Å². The molecule has 0 aliphatic heterocycles. The number of rotatable bonds is 4. The maximum absolute atomic E-state index is 13.8. The van der Waals surface area contributed by atoms with E-state index in [0.717, 1.165) is 63.9 Å². The Hall–Kier alpha value is -0.860. The van der Waals surface area contributed by atoms with E-state index >= 15 is 0 Å². The molecule has 0 radical (unpaired) electrons. The summed E-state index contributed by atoms with van der Waals surface area (Å²) in [6.45, 7) is 0. The van der Waals surface area contributed by atoms with Crippen molar-refractivity contribution in [2.24, 2.45) is 11.8 Å². The molecule has 0 atom stereocenters. The molecule has 2 fully saturated rings. The Morgan fingerprint density at radius 2 is 1.05 bits per heavy atom. The predicted octanol–water partition coefficient (Wildman–Crippen LogP) is 5.79. The molecule has 0 heterocycles. The van der Waals surface area contributed by atoms with Crippen LogP contribution in [0.5, 0.6) is 0 Å². The number of ether oxygens (including phenoxy) is 1. The summed E-state index contributed by atoms with van der Waals surface area (Å²) in [6.07, 6.45) is 12.5. The summed E-state index contributed by atoms with van der Waals surface area (Å²) < 4.78 is 32.5. The molecule has 0 bridgehead atoms. The van der Waals surface area contributed by atoms with E-state index in [1.807, 2.05) is 0 Å². The summed E-state index contributed by atoms with van der Waals surface area (Å²) in [7, 11) is 0. The average molecular weight is 270 g/mol. The number of halogens is 2. The van der Waals surface area contributed by atoms with Gasteiger partial charge in [0.15, 0.2) is 0 Å². The van der Waals surface area contributed by atoms with E-state index in [4.69, 9.17) is 4.74 Å². The lowest BCUT2D eigenvalue weighted by Crippen LogP contribution is -2.07. The highest BCUT2D eigenvalue weighted by atomic mass is 19.1. The van der Waals surface area contributed by atoms with Crippen LogP contribution in [0.2, 0.25) is 0 Å². The Labute approximate surface area is 114 Å². The first kappa shape index (κ1) is 14.5. The SMILES string of the molecule is FC(=COC=C(F)C1CCCCC1)C1CCCCC1. The molecular formula is C16H24F2O. The summed E-state index contributed by atoms with van der Waals surface area (Å²) in [5.41, 5.74) is 0. The zero-order valence-corrected chi connectivity index (χ0v) is 11.5. The van der Waals surface area contributed by atoms with Crippen molar-refractivity contribution in [1.29, 1.82) is 0 Å². The Kier molecular flexibility index (Phi) is 5.87. The summed E-state index contributed by atoms with van der Waals surface area (Å²) in [6, 6.07) is 0. The largest absolute Gasteiger partial charge is 0.467 e. The Balaban J connectivity index is 1.79. The molecule has 0 N–H and O–H groups in total. The van der Waals surface area contributed by atoms with Crippen LogP contribution >= 0.6 is 0 Å². The minimum Gasteiger partial charge on any atom is -0.467 e. The topological polar surface area (TPSA) is 9.23 Å². The van der Waals surface area contributed by atoms with Gasteiger partial charge in [-0.05, 0) is 25.7 Å². The molecule has 3 heteroatoms. The third kappa shape index (κ3) is 4.63. The van der Waals surface area contributed by atoms with Crippen molar-refractivity contribution in [1.82, 2.24) is 0 Å². The molecule has 0 saturated heterocycles. The van der Waals surface area contributed by atoms with E-state index in [1.165, 1.54) is 12.8 Å².